The molecule has 21 heavy (non-hydrogen) atoms. The zero-order valence-corrected chi connectivity index (χ0v) is 15.8. The molecule has 1 atom stereocenters. The topological polar surface area (TPSA) is 44.0 Å². The van der Waals surface area contributed by atoms with Crippen LogP contribution in [0.1, 0.15) is 57.4 Å². The van der Waals surface area contributed by atoms with Gasteiger partial charge in [0, 0.05) is 9.35 Å². The summed E-state index contributed by atoms with van der Waals surface area (Å²) in [4.78, 5) is 0.780. The number of hydrogen-bond acceptors (Lipinski definition) is 3. The van der Waals surface area contributed by atoms with E-state index in [1.165, 1.54) is 11.3 Å². The maximum absolute atomic E-state index is 10.7. The summed E-state index contributed by atoms with van der Waals surface area (Å²) in [6.45, 7) is 6.76. The highest BCUT2D eigenvalue weighted by atomic mass is 79.9. The van der Waals surface area contributed by atoms with Gasteiger partial charge in [0.05, 0.1) is 11.5 Å². The maximum Gasteiger partial charge on any atom is 0.107 e. The minimum Gasteiger partial charge on any atom is -0.386 e. The fourth-order valence-corrected chi connectivity index (χ4v) is 5.06. The Labute approximate surface area is 144 Å². The number of aliphatic hydroxyl groups is 1. The first kappa shape index (κ1) is 17.3. The molecule has 1 fully saturated rings. The Kier molecular flexibility index (Phi) is 5.10. The van der Waals surface area contributed by atoms with E-state index in [-0.39, 0.29) is 5.41 Å². The van der Waals surface area contributed by atoms with E-state index in [9.17, 15) is 10.4 Å². The van der Waals surface area contributed by atoms with Gasteiger partial charge in [0.1, 0.15) is 10.4 Å². The first-order valence-corrected chi connectivity index (χ1v) is 9.22. The second kappa shape index (κ2) is 6.20. The van der Waals surface area contributed by atoms with E-state index in [0.29, 0.717) is 10.3 Å². The fourth-order valence-electron chi connectivity index (χ4n) is 3.22. The zero-order valence-electron chi connectivity index (χ0n) is 12.6. The van der Waals surface area contributed by atoms with Crippen molar-refractivity contribution < 1.29 is 5.11 Å². The Morgan fingerprint density at radius 3 is 2.43 bits per heavy atom. The van der Waals surface area contributed by atoms with Gasteiger partial charge in [-0.05, 0) is 59.0 Å². The van der Waals surface area contributed by atoms with Gasteiger partial charge < -0.3 is 5.11 Å². The van der Waals surface area contributed by atoms with E-state index in [1.54, 1.807) is 0 Å². The Bertz CT molecular complexity index is 530. The molecule has 0 spiro atoms. The Hall–Kier alpha value is -0.0800. The lowest BCUT2D eigenvalue weighted by Gasteiger charge is -2.42. The van der Waals surface area contributed by atoms with Gasteiger partial charge in [0.15, 0.2) is 0 Å². The Balaban J connectivity index is 2.19. The van der Waals surface area contributed by atoms with Crippen molar-refractivity contribution in [2.24, 2.45) is 16.7 Å². The minimum absolute atomic E-state index is 0.266. The summed E-state index contributed by atoms with van der Waals surface area (Å²) in [5.41, 5.74) is -0.406. The Morgan fingerprint density at radius 1 is 1.48 bits per heavy atom. The molecule has 5 heteroatoms. The van der Waals surface area contributed by atoms with Crippen LogP contribution in [0.4, 0.5) is 0 Å². The average molecular weight is 391 g/mol. The molecule has 0 saturated heterocycles. The highest BCUT2D eigenvalue weighted by Crippen LogP contribution is 2.52. The number of thiophene rings is 1. The molecular weight excluding hydrogens is 370 g/mol. The first-order chi connectivity index (χ1) is 9.69. The average Bonchev–Trinajstić information content (AvgIpc) is 2.77. The molecule has 1 aliphatic carbocycles. The van der Waals surface area contributed by atoms with E-state index >= 15 is 0 Å². The van der Waals surface area contributed by atoms with Gasteiger partial charge in [-0.15, -0.1) is 11.3 Å². The van der Waals surface area contributed by atoms with E-state index < -0.39 is 11.5 Å². The van der Waals surface area contributed by atoms with Crippen LogP contribution in [-0.2, 0) is 0 Å². The lowest BCUT2D eigenvalue weighted by molar-refractivity contribution is 0.0105. The number of rotatable bonds is 2. The Morgan fingerprint density at radius 2 is 2.05 bits per heavy atom. The predicted molar refractivity (Wildman–Crippen MR) is 91.4 cm³/mol. The predicted octanol–water partition coefficient (Wildman–Crippen LogP) is 5.94. The number of hydrogen-bond donors (Lipinski definition) is 1. The van der Waals surface area contributed by atoms with Crippen LogP contribution in [0.15, 0.2) is 10.5 Å². The van der Waals surface area contributed by atoms with Crippen LogP contribution in [0.2, 0.25) is 4.34 Å². The second-order valence-corrected chi connectivity index (χ2v) is 9.62. The highest BCUT2D eigenvalue weighted by molar-refractivity contribution is 9.10. The lowest BCUT2D eigenvalue weighted by Crippen LogP contribution is -2.35. The van der Waals surface area contributed by atoms with Crippen LogP contribution in [-0.4, -0.2) is 5.11 Å². The second-order valence-electron chi connectivity index (χ2n) is 7.08. The molecule has 1 heterocycles. The van der Waals surface area contributed by atoms with Crippen LogP contribution >= 0.6 is 38.9 Å². The highest BCUT2D eigenvalue weighted by Gasteiger charge is 2.45. The third-order valence-electron chi connectivity index (χ3n) is 4.78. The molecule has 1 aromatic heterocycles. The molecule has 1 aromatic rings. The molecule has 1 aliphatic rings. The van der Waals surface area contributed by atoms with Crippen molar-refractivity contribution >= 4 is 38.9 Å². The van der Waals surface area contributed by atoms with Crippen molar-refractivity contribution in [2.75, 3.05) is 0 Å². The summed E-state index contributed by atoms with van der Waals surface area (Å²) in [6.07, 6.45) is 2.74. The van der Waals surface area contributed by atoms with Crippen molar-refractivity contribution in [3.8, 4) is 6.07 Å². The number of nitrogens with zero attached hydrogens (tertiary/aromatic N) is 1. The quantitative estimate of drug-likeness (QED) is 0.678. The van der Waals surface area contributed by atoms with E-state index in [1.807, 2.05) is 6.07 Å². The molecule has 0 aliphatic heterocycles. The number of halogens is 2. The van der Waals surface area contributed by atoms with Crippen molar-refractivity contribution in [2.45, 2.75) is 52.6 Å². The fraction of sp³-hybridized carbons (Fsp3) is 0.688. The largest absolute Gasteiger partial charge is 0.386 e. The van der Waals surface area contributed by atoms with Gasteiger partial charge in [-0.2, -0.15) is 5.26 Å². The summed E-state index contributed by atoms with van der Waals surface area (Å²) < 4.78 is 1.42. The molecule has 1 unspecified atom stereocenters. The third kappa shape index (κ3) is 3.47. The summed E-state index contributed by atoms with van der Waals surface area (Å²) in [5, 5.41) is 20.4. The van der Waals surface area contributed by atoms with Crippen LogP contribution in [0.25, 0.3) is 0 Å². The van der Waals surface area contributed by atoms with Gasteiger partial charge in [0.2, 0.25) is 0 Å². The molecule has 116 valence electrons. The molecule has 1 N–H and O–H groups in total. The first-order valence-electron chi connectivity index (χ1n) is 7.23. The molecule has 0 bridgehead atoms. The van der Waals surface area contributed by atoms with Gasteiger partial charge in [-0.3, -0.25) is 0 Å². The summed E-state index contributed by atoms with van der Waals surface area (Å²) >= 11 is 10.8. The van der Waals surface area contributed by atoms with E-state index in [4.69, 9.17) is 11.6 Å². The van der Waals surface area contributed by atoms with Crippen LogP contribution in [0.3, 0.4) is 0 Å². The number of aliphatic hydroxyl groups excluding tert-OH is 1. The van der Waals surface area contributed by atoms with E-state index in [0.717, 1.165) is 35.0 Å². The molecule has 2 nitrogen and oxygen atoms in total. The monoisotopic (exact) mass is 389 g/mol. The van der Waals surface area contributed by atoms with E-state index in [2.05, 4.69) is 42.8 Å². The smallest absolute Gasteiger partial charge is 0.107 e. The molecule has 0 radical (unpaired) electrons. The normalized spacial score (nSPS) is 28.1. The molecule has 2 rings (SSSR count). The van der Waals surface area contributed by atoms with Crippen LogP contribution < -0.4 is 0 Å². The van der Waals surface area contributed by atoms with Crippen LogP contribution in [0.5, 0.6) is 0 Å². The molecular formula is C16H21BrClNOS. The summed E-state index contributed by atoms with van der Waals surface area (Å²) in [7, 11) is 0. The standard InChI is InChI=1S/C16H21BrClNOS/c1-15(2,3)10-4-6-16(9-19,7-5-10)13(20)12-8-11(17)14(18)21-12/h8,10,13,20H,4-7H2,1-3H3. The molecule has 1 saturated carbocycles. The van der Waals surface area contributed by atoms with Gasteiger partial charge in [-0.1, -0.05) is 32.4 Å². The molecule has 0 aromatic carbocycles. The van der Waals surface area contributed by atoms with Gasteiger partial charge >= 0.3 is 0 Å². The van der Waals surface area contributed by atoms with Gasteiger partial charge in [-0.25, -0.2) is 0 Å². The van der Waals surface area contributed by atoms with Gasteiger partial charge in [0.25, 0.3) is 0 Å². The van der Waals surface area contributed by atoms with Crippen molar-refractivity contribution in [1.82, 2.24) is 0 Å². The zero-order chi connectivity index (χ0) is 15.8. The minimum atomic E-state index is -0.753. The number of nitriles is 1. The maximum atomic E-state index is 10.7. The van der Waals surface area contributed by atoms with Crippen molar-refractivity contribution in [1.29, 1.82) is 5.26 Å². The van der Waals surface area contributed by atoms with Crippen molar-refractivity contribution in [3.05, 3.63) is 19.8 Å². The summed E-state index contributed by atoms with van der Waals surface area (Å²) in [6, 6.07) is 4.25. The SMILES string of the molecule is CC(C)(C)C1CCC(C#N)(C(O)c2cc(Br)c(Cl)s2)CC1. The third-order valence-corrected chi connectivity index (χ3v) is 7.31. The molecule has 0 amide bonds. The van der Waals surface area contributed by atoms with Crippen molar-refractivity contribution in [3.63, 3.8) is 0 Å². The van der Waals surface area contributed by atoms with Crippen LogP contribution in [0, 0.1) is 28.1 Å². The lowest BCUT2D eigenvalue weighted by atomic mass is 9.62. The summed E-state index contributed by atoms with van der Waals surface area (Å²) in [5.74, 6) is 0.616.